The second-order valence-electron chi connectivity index (χ2n) is 5.94. The summed E-state index contributed by atoms with van der Waals surface area (Å²) in [4.78, 5) is 0.221. The first-order valence-corrected chi connectivity index (χ1v) is 10.1. The zero-order chi connectivity index (χ0) is 19.4. The Morgan fingerprint density at radius 3 is 2.22 bits per heavy atom. The van der Waals surface area contributed by atoms with E-state index >= 15 is 0 Å². The summed E-state index contributed by atoms with van der Waals surface area (Å²) in [6, 6.07) is 17.3. The first-order valence-electron chi connectivity index (χ1n) is 8.70. The molecule has 0 saturated heterocycles. The van der Waals surface area contributed by atoms with E-state index in [2.05, 4.69) is 10.2 Å². The number of phenols is 1. The van der Waals surface area contributed by atoms with E-state index in [4.69, 9.17) is 0 Å². The van der Waals surface area contributed by atoms with Crippen molar-refractivity contribution in [3.63, 3.8) is 0 Å². The molecule has 0 aliphatic rings. The van der Waals surface area contributed by atoms with Gasteiger partial charge in [0.2, 0.25) is 10.0 Å². The van der Waals surface area contributed by atoms with Crippen molar-refractivity contribution < 1.29 is 13.5 Å². The Labute approximate surface area is 158 Å². The quantitative estimate of drug-likeness (QED) is 0.609. The number of benzene rings is 3. The first kappa shape index (κ1) is 19.0. The summed E-state index contributed by atoms with van der Waals surface area (Å²) < 4.78 is 26.4. The van der Waals surface area contributed by atoms with Gasteiger partial charge in [-0.2, -0.15) is 9.42 Å². The van der Waals surface area contributed by atoms with Gasteiger partial charge in [-0.15, -0.1) is 5.11 Å². The fourth-order valence-electron chi connectivity index (χ4n) is 2.83. The Morgan fingerprint density at radius 2 is 1.56 bits per heavy atom. The molecule has 0 saturated carbocycles. The van der Waals surface area contributed by atoms with Crippen molar-refractivity contribution in [3.05, 3.63) is 60.7 Å². The molecule has 0 amide bonds. The topological polar surface area (TPSA) is 82.3 Å². The molecular formula is C20H21N3O3S. The molecule has 0 aromatic heterocycles. The Bertz CT molecular complexity index is 1070. The highest BCUT2D eigenvalue weighted by Gasteiger charge is 2.21. The maximum absolute atomic E-state index is 12.5. The second-order valence-corrected chi connectivity index (χ2v) is 7.88. The van der Waals surface area contributed by atoms with Crippen LogP contribution in [0.2, 0.25) is 0 Å². The maximum atomic E-state index is 12.5. The van der Waals surface area contributed by atoms with Crippen molar-refractivity contribution in [1.29, 1.82) is 0 Å². The van der Waals surface area contributed by atoms with Crippen molar-refractivity contribution in [1.82, 2.24) is 4.31 Å². The number of phenolic OH excluding ortho intramolecular Hbond substituents is 1. The van der Waals surface area contributed by atoms with E-state index < -0.39 is 10.0 Å². The van der Waals surface area contributed by atoms with Gasteiger partial charge in [-0.25, -0.2) is 8.42 Å². The molecule has 0 radical (unpaired) electrons. The van der Waals surface area contributed by atoms with Gasteiger partial charge >= 0.3 is 0 Å². The molecule has 0 fully saturated rings. The first-order chi connectivity index (χ1) is 13.0. The van der Waals surface area contributed by atoms with E-state index in [-0.39, 0.29) is 10.6 Å². The van der Waals surface area contributed by atoms with Gasteiger partial charge in [-0.05, 0) is 35.7 Å². The van der Waals surface area contributed by atoms with E-state index in [0.29, 0.717) is 29.9 Å². The van der Waals surface area contributed by atoms with E-state index in [1.165, 1.54) is 16.4 Å². The monoisotopic (exact) mass is 383 g/mol. The molecule has 0 atom stereocenters. The van der Waals surface area contributed by atoms with Gasteiger partial charge in [-0.1, -0.05) is 44.2 Å². The van der Waals surface area contributed by atoms with E-state index in [9.17, 15) is 13.5 Å². The SMILES string of the molecule is CCN(CC)S(=O)(=O)c1ccc(N=Nc2ccc3ccccc3c2O)cc1. The molecule has 3 rings (SSSR count). The van der Waals surface area contributed by atoms with Crippen LogP contribution in [0, 0.1) is 0 Å². The summed E-state index contributed by atoms with van der Waals surface area (Å²) in [7, 11) is -3.50. The summed E-state index contributed by atoms with van der Waals surface area (Å²) in [5, 5.41) is 20.2. The van der Waals surface area contributed by atoms with Crippen LogP contribution in [0.1, 0.15) is 13.8 Å². The lowest BCUT2D eigenvalue weighted by Gasteiger charge is -2.18. The highest BCUT2D eigenvalue weighted by Crippen LogP contribution is 2.35. The molecule has 3 aromatic carbocycles. The molecular weight excluding hydrogens is 362 g/mol. The third kappa shape index (κ3) is 3.84. The lowest BCUT2D eigenvalue weighted by molar-refractivity contribution is 0.445. The molecule has 0 unspecified atom stereocenters. The zero-order valence-corrected chi connectivity index (χ0v) is 16.0. The van der Waals surface area contributed by atoms with Gasteiger partial charge in [0.1, 0.15) is 5.69 Å². The molecule has 3 aromatic rings. The maximum Gasteiger partial charge on any atom is 0.243 e. The van der Waals surface area contributed by atoms with Crippen LogP contribution in [0.4, 0.5) is 11.4 Å². The summed E-state index contributed by atoms with van der Waals surface area (Å²) in [6.07, 6.45) is 0. The highest BCUT2D eigenvalue weighted by molar-refractivity contribution is 7.89. The van der Waals surface area contributed by atoms with Gasteiger partial charge < -0.3 is 5.11 Å². The standard InChI is InChI=1S/C20H21N3O3S/c1-3-23(4-2)27(25,26)17-12-10-16(11-13-17)21-22-19-14-9-15-7-5-6-8-18(15)20(19)24/h5-14,24H,3-4H2,1-2H3. The molecule has 1 N–H and O–H groups in total. The number of rotatable bonds is 6. The van der Waals surface area contributed by atoms with Gasteiger partial charge in [0, 0.05) is 18.5 Å². The van der Waals surface area contributed by atoms with Crippen LogP contribution in [-0.2, 0) is 10.0 Å². The lowest BCUT2D eigenvalue weighted by Crippen LogP contribution is -2.30. The van der Waals surface area contributed by atoms with Crippen molar-refractivity contribution in [3.8, 4) is 5.75 Å². The third-order valence-electron chi connectivity index (χ3n) is 4.33. The minimum atomic E-state index is -3.50. The van der Waals surface area contributed by atoms with Crippen molar-refractivity contribution >= 4 is 32.2 Å². The molecule has 7 heteroatoms. The second kappa shape index (κ2) is 7.85. The fourth-order valence-corrected chi connectivity index (χ4v) is 4.29. The van der Waals surface area contributed by atoms with Crippen molar-refractivity contribution in [2.75, 3.05) is 13.1 Å². The van der Waals surface area contributed by atoms with Crippen LogP contribution >= 0.6 is 0 Å². The minimum Gasteiger partial charge on any atom is -0.505 e. The van der Waals surface area contributed by atoms with Crippen LogP contribution < -0.4 is 0 Å². The van der Waals surface area contributed by atoms with Crippen LogP contribution in [0.15, 0.2) is 75.8 Å². The average molecular weight is 383 g/mol. The molecule has 0 aliphatic heterocycles. The average Bonchev–Trinajstić information content (AvgIpc) is 2.69. The number of aromatic hydroxyl groups is 1. The van der Waals surface area contributed by atoms with Crippen LogP contribution in [0.5, 0.6) is 5.75 Å². The number of sulfonamides is 1. The van der Waals surface area contributed by atoms with Gasteiger partial charge in [0.15, 0.2) is 5.75 Å². The summed E-state index contributed by atoms with van der Waals surface area (Å²) in [5.74, 6) is 0.0672. The van der Waals surface area contributed by atoms with Gasteiger partial charge in [-0.3, -0.25) is 0 Å². The number of hydrogen-bond acceptors (Lipinski definition) is 5. The highest BCUT2D eigenvalue weighted by atomic mass is 32.2. The minimum absolute atomic E-state index is 0.0672. The number of fused-ring (bicyclic) bond motifs is 1. The predicted molar refractivity (Wildman–Crippen MR) is 106 cm³/mol. The zero-order valence-electron chi connectivity index (χ0n) is 15.2. The van der Waals surface area contributed by atoms with Gasteiger partial charge in [0.05, 0.1) is 10.6 Å². The number of nitrogens with zero attached hydrogens (tertiary/aromatic N) is 3. The number of hydrogen-bond donors (Lipinski definition) is 1. The fraction of sp³-hybridized carbons (Fsp3) is 0.200. The molecule has 6 nitrogen and oxygen atoms in total. The Kier molecular flexibility index (Phi) is 5.53. The van der Waals surface area contributed by atoms with E-state index in [1.807, 2.05) is 30.3 Å². The van der Waals surface area contributed by atoms with Crippen LogP contribution in [0.3, 0.4) is 0 Å². The van der Waals surface area contributed by atoms with E-state index in [1.54, 1.807) is 32.0 Å². The van der Waals surface area contributed by atoms with Crippen molar-refractivity contribution in [2.45, 2.75) is 18.7 Å². The molecule has 0 bridgehead atoms. The lowest BCUT2D eigenvalue weighted by atomic mass is 10.1. The van der Waals surface area contributed by atoms with Crippen molar-refractivity contribution in [2.24, 2.45) is 10.2 Å². The summed E-state index contributed by atoms with van der Waals surface area (Å²) in [6.45, 7) is 4.45. The van der Waals surface area contributed by atoms with Crippen LogP contribution in [0.25, 0.3) is 10.8 Å². The smallest absolute Gasteiger partial charge is 0.243 e. The third-order valence-corrected chi connectivity index (χ3v) is 6.40. The molecule has 0 aliphatic carbocycles. The Hall–Kier alpha value is -2.77. The van der Waals surface area contributed by atoms with Crippen LogP contribution in [-0.4, -0.2) is 30.9 Å². The largest absolute Gasteiger partial charge is 0.505 e. The van der Waals surface area contributed by atoms with Gasteiger partial charge in [0.25, 0.3) is 0 Å². The number of azo groups is 1. The molecule has 0 spiro atoms. The summed E-state index contributed by atoms with van der Waals surface area (Å²) >= 11 is 0. The molecule has 140 valence electrons. The Balaban J connectivity index is 1.86. The predicted octanol–water partition coefficient (Wildman–Crippen LogP) is 4.99. The van der Waals surface area contributed by atoms with E-state index in [0.717, 1.165) is 5.39 Å². The molecule has 27 heavy (non-hydrogen) atoms. The normalized spacial score (nSPS) is 12.3. The molecule has 0 heterocycles. The Morgan fingerprint density at radius 1 is 0.889 bits per heavy atom. The summed E-state index contributed by atoms with van der Waals surface area (Å²) in [5.41, 5.74) is 0.856.